The number of fused-ring (bicyclic) bond motifs is 2. The maximum Gasteiger partial charge on any atom is 0.344 e. The Hall–Kier alpha value is -2.67. The van der Waals surface area contributed by atoms with Crippen molar-refractivity contribution in [2.24, 2.45) is 0 Å². The zero-order valence-corrected chi connectivity index (χ0v) is 15.4. The van der Waals surface area contributed by atoms with Gasteiger partial charge in [0.15, 0.2) is 5.65 Å². The van der Waals surface area contributed by atoms with Gasteiger partial charge in [-0.1, -0.05) is 25.5 Å². The van der Waals surface area contributed by atoms with E-state index >= 15 is 0 Å². The molecule has 1 aromatic carbocycles. The Labute approximate surface area is 152 Å². The molecule has 2 heterocycles. The molecule has 0 aliphatic carbocycles. The first-order valence-corrected chi connectivity index (χ1v) is 8.81. The lowest BCUT2D eigenvalue weighted by atomic mass is 10.2. The van der Waals surface area contributed by atoms with Gasteiger partial charge in [0, 0.05) is 13.7 Å². The molecule has 3 rings (SSSR count). The van der Waals surface area contributed by atoms with E-state index in [-0.39, 0.29) is 11.7 Å². The van der Waals surface area contributed by atoms with Crippen LogP contribution in [0.4, 0.5) is 5.82 Å². The van der Waals surface area contributed by atoms with Crippen LogP contribution in [-0.2, 0) is 16.0 Å². The maximum absolute atomic E-state index is 12.7. The molecule has 3 aromatic rings. The van der Waals surface area contributed by atoms with Gasteiger partial charge in [0.1, 0.15) is 23.0 Å². The summed E-state index contributed by atoms with van der Waals surface area (Å²) in [4.78, 5) is 22.1. The molecule has 0 bridgehead atoms. The molecule has 7 nitrogen and oxygen atoms in total. The Morgan fingerprint density at radius 2 is 1.96 bits per heavy atom. The Kier molecular flexibility index (Phi) is 5.37. The highest BCUT2D eigenvalue weighted by Crippen LogP contribution is 2.29. The number of methoxy groups -OCH3 is 1. The second-order valence-electron chi connectivity index (χ2n) is 6.32. The third-order valence-corrected chi connectivity index (χ3v) is 4.24. The maximum atomic E-state index is 12.7. The Bertz CT molecular complexity index is 935. The van der Waals surface area contributed by atoms with Crippen LogP contribution >= 0.6 is 0 Å². The summed E-state index contributed by atoms with van der Waals surface area (Å²) in [5, 5.41) is 0. The van der Waals surface area contributed by atoms with E-state index in [4.69, 9.17) is 20.2 Å². The van der Waals surface area contributed by atoms with Gasteiger partial charge >= 0.3 is 5.97 Å². The molecule has 0 aliphatic rings. The molecule has 2 N–H and O–H groups in total. The van der Waals surface area contributed by atoms with Crippen molar-refractivity contribution in [2.45, 2.75) is 39.3 Å². The fourth-order valence-electron chi connectivity index (χ4n) is 2.97. The van der Waals surface area contributed by atoms with Gasteiger partial charge in [0.2, 0.25) is 0 Å². The number of nitrogen functional groups attached to an aromatic ring is 1. The van der Waals surface area contributed by atoms with E-state index in [1.165, 1.54) is 0 Å². The fourth-order valence-corrected chi connectivity index (χ4v) is 2.97. The molecule has 0 fully saturated rings. The summed E-state index contributed by atoms with van der Waals surface area (Å²) in [5.41, 5.74) is 9.17. The van der Waals surface area contributed by atoms with E-state index in [1.54, 1.807) is 14.0 Å². The molecule has 7 heteroatoms. The second-order valence-corrected chi connectivity index (χ2v) is 6.32. The highest BCUT2D eigenvalue weighted by molar-refractivity contribution is 6.08. The summed E-state index contributed by atoms with van der Waals surface area (Å²) in [7, 11) is 1.56. The minimum Gasteiger partial charge on any atom is -0.456 e. The number of nitrogens with zero attached hydrogens (tertiary/aromatic N) is 3. The first-order valence-electron chi connectivity index (χ1n) is 8.81. The molecule has 0 saturated carbocycles. The molecule has 1 atom stereocenters. The number of ether oxygens (including phenoxy) is 2. The van der Waals surface area contributed by atoms with Crippen LogP contribution in [0.5, 0.6) is 0 Å². The number of para-hydroxylation sites is 2. The highest BCUT2D eigenvalue weighted by Gasteiger charge is 2.26. The van der Waals surface area contributed by atoms with Crippen LogP contribution in [0, 0.1) is 0 Å². The molecule has 2 aromatic heterocycles. The Morgan fingerprint density at radius 1 is 1.27 bits per heavy atom. The van der Waals surface area contributed by atoms with E-state index in [2.05, 4.69) is 11.9 Å². The largest absolute Gasteiger partial charge is 0.456 e. The SMILES string of the molecule is CCCCn1c(N)c(C(=O)O[C@@H](C)COC)c2nc3ccccc3nc21. The molecule has 138 valence electrons. The van der Waals surface area contributed by atoms with Gasteiger partial charge in [0.05, 0.1) is 17.6 Å². The first-order chi connectivity index (χ1) is 12.6. The Morgan fingerprint density at radius 3 is 2.62 bits per heavy atom. The molecule has 0 amide bonds. The number of esters is 1. The number of carbonyl (C=O) groups is 1. The van der Waals surface area contributed by atoms with Gasteiger partial charge in [-0.3, -0.25) is 0 Å². The molecule has 0 aliphatic heterocycles. The van der Waals surface area contributed by atoms with Crippen LogP contribution in [-0.4, -0.2) is 40.3 Å². The predicted octanol–water partition coefficient (Wildman–Crippen LogP) is 3.16. The average molecular weight is 356 g/mol. The summed E-state index contributed by atoms with van der Waals surface area (Å²) in [6, 6.07) is 7.56. The third-order valence-electron chi connectivity index (χ3n) is 4.24. The zero-order valence-electron chi connectivity index (χ0n) is 15.4. The summed E-state index contributed by atoms with van der Waals surface area (Å²) in [6.07, 6.45) is 1.55. The summed E-state index contributed by atoms with van der Waals surface area (Å²) in [5.74, 6) is -0.157. The monoisotopic (exact) mass is 356 g/mol. The topological polar surface area (TPSA) is 92.3 Å². The quantitative estimate of drug-likeness (QED) is 0.654. The van der Waals surface area contributed by atoms with Crippen LogP contribution in [0.3, 0.4) is 0 Å². The number of hydrogen-bond acceptors (Lipinski definition) is 6. The van der Waals surface area contributed by atoms with Gasteiger partial charge < -0.3 is 19.8 Å². The second kappa shape index (κ2) is 7.70. The van der Waals surface area contributed by atoms with Gasteiger partial charge in [0.25, 0.3) is 0 Å². The minimum atomic E-state index is -0.503. The van der Waals surface area contributed by atoms with Crippen molar-refractivity contribution in [1.29, 1.82) is 0 Å². The van der Waals surface area contributed by atoms with E-state index < -0.39 is 5.97 Å². The minimum absolute atomic E-state index is 0.275. The van der Waals surface area contributed by atoms with Crippen molar-refractivity contribution in [3.63, 3.8) is 0 Å². The number of benzene rings is 1. The van der Waals surface area contributed by atoms with Crippen LogP contribution in [0.25, 0.3) is 22.2 Å². The van der Waals surface area contributed by atoms with Crippen molar-refractivity contribution < 1.29 is 14.3 Å². The lowest BCUT2D eigenvalue weighted by molar-refractivity contribution is 0.0123. The molecule has 0 unspecified atom stereocenters. The predicted molar refractivity (Wildman–Crippen MR) is 101 cm³/mol. The number of carbonyl (C=O) groups excluding carboxylic acids is 1. The Balaban J connectivity index is 2.15. The van der Waals surface area contributed by atoms with E-state index in [1.807, 2.05) is 28.8 Å². The lowest BCUT2D eigenvalue weighted by Gasteiger charge is -2.12. The van der Waals surface area contributed by atoms with E-state index in [9.17, 15) is 4.79 Å². The number of aromatic nitrogens is 3. The molecule has 0 saturated heterocycles. The summed E-state index contributed by atoms with van der Waals surface area (Å²) in [6.45, 7) is 4.86. The fraction of sp³-hybridized carbons (Fsp3) is 0.421. The highest BCUT2D eigenvalue weighted by atomic mass is 16.6. The number of anilines is 1. The van der Waals surface area contributed by atoms with Crippen LogP contribution < -0.4 is 5.73 Å². The average Bonchev–Trinajstić information content (AvgIpc) is 2.88. The van der Waals surface area contributed by atoms with E-state index in [0.717, 1.165) is 18.4 Å². The molecule has 0 spiro atoms. The van der Waals surface area contributed by atoms with Crippen molar-refractivity contribution in [1.82, 2.24) is 14.5 Å². The number of unbranched alkanes of at least 4 members (excludes halogenated alkanes) is 1. The van der Waals surface area contributed by atoms with Crippen LogP contribution in [0.2, 0.25) is 0 Å². The van der Waals surface area contributed by atoms with E-state index in [0.29, 0.717) is 35.7 Å². The number of nitrogens with two attached hydrogens (primary N) is 1. The van der Waals surface area contributed by atoms with Crippen molar-refractivity contribution in [3.05, 3.63) is 29.8 Å². The smallest absolute Gasteiger partial charge is 0.344 e. The summed E-state index contributed by atoms with van der Waals surface area (Å²) < 4.78 is 12.4. The van der Waals surface area contributed by atoms with Gasteiger partial charge in [-0.2, -0.15) is 0 Å². The van der Waals surface area contributed by atoms with Gasteiger partial charge in [-0.15, -0.1) is 0 Å². The zero-order chi connectivity index (χ0) is 18.7. The standard InChI is InChI=1S/C19H24N4O3/c1-4-5-10-23-17(20)15(19(24)26-12(2)11-25-3)16-18(23)22-14-9-7-6-8-13(14)21-16/h6-9,12H,4-5,10-11,20H2,1-3H3/t12-/m0/s1. The van der Waals surface area contributed by atoms with Gasteiger partial charge in [-0.25, -0.2) is 14.8 Å². The first kappa shape index (κ1) is 18.1. The number of hydrogen-bond donors (Lipinski definition) is 1. The van der Waals surface area contributed by atoms with Crippen molar-refractivity contribution in [2.75, 3.05) is 19.5 Å². The summed E-state index contributed by atoms with van der Waals surface area (Å²) >= 11 is 0. The third kappa shape index (κ3) is 3.35. The number of rotatable bonds is 7. The molecule has 26 heavy (non-hydrogen) atoms. The molecular formula is C19H24N4O3. The van der Waals surface area contributed by atoms with Crippen molar-refractivity contribution >= 4 is 34.0 Å². The van der Waals surface area contributed by atoms with Crippen LogP contribution in [0.15, 0.2) is 24.3 Å². The molecular weight excluding hydrogens is 332 g/mol. The molecule has 0 radical (unpaired) electrons. The number of aryl methyl sites for hydroxylation is 1. The van der Waals surface area contributed by atoms with Crippen molar-refractivity contribution in [3.8, 4) is 0 Å². The normalized spacial score (nSPS) is 12.6. The van der Waals surface area contributed by atoms with Crippen LogP contribution in [0.1, 0.15) is 37.0 Å². The van der Waals surface area contributed by atoms with Gasteiger partial charge in [-0.05, 0) is 25.5 Å². The lowest BCUT2D eigenvalue weighted by Crippen LogP contribution is -2.20.